The third kappa shape index (κ3) is 44.9. The SMILES string of the molecule is Cl.NCCCC[C@H](N)C(=O)[O-].NCCCC[C@H](N)C(=O)[O-].NCCCC[C@H](N)C(=O)[O-].NCCCC[C@H](N)C(=O)[O-].[C+4]. The van der Waals surface area contributed by atoms with E-state index in [-0.39, 0.29) is 19.8 Å². The van der Waals surface area contributed by atoms with Gasteiger partial charge in [-0.15, -0.1) is 12.4 Å². The normalized spacial score (nSPS) is 12.4. The first-order valence-electron chi connectivity index (χ1n) is 13.4. The molecular formula is C25H53ClN8O8. The molecule has 0 aromatic heterocycles. The van der Waals surface area contributed by atoms with E-state index in [0.717, 1.165) is 51.4 Å². The van der Waals surface area contributed by atoms with Crippen LogP contribution in [0.5, 0.6) is 0 Å². The van der Waals surface area contributed by atoms with Crippen molar-refractivity contribution in [2.24, 2.45) is 45.9 Å². The molecular weight excluding hydrogens is 576 g/mol. The number of rotatable bonds is 20. The second kappa shape index (κ2) is 38.9. The third-order valence-corrected chi connectivity index (χ3v) is 5.09. The van der Waals surface area contributed by atoms with Crippen molar-refractivity contribution in [3.63, 3.8) is 0 Å². The predicted octanol–water partition coefficient (Wildman–Crippen LogP) is -6.73. The molecule has 0 amide bonds. The van der Waals surface area contributed by atoms with Crippen LogP contribution in [-0.4, -0.2) is 74.2 Å². The number of aliphatic carboxylic acids is 4. The summed E-state index contributed by atoms with van der Waals surface area (Å²) in [6, 6.07) is -3.31. The van der Waals surface area contributed by atoms with Crippen molar-refractivity contribution in [1.29, 1.82) is 0 Å². The standard InChI is InChI=1S/4C6H14N2O2.C.ClH/c4*7-4-2-1-3-5(8)6(9)10;;/h4*5H,1-4,7-8H2,(H,9,10);;1H/q;;;;+4;/p-4/t4*5-;;/m0000../s1. The Morgan fingerprint density at radius 3 is 0.643 bits per heavy atom. The van der Waals surface area contributed by atoms with Crippen molar-refractivity contribution < 1.29 is 39.6 Å². The fourth-order valence-corrected chi connectivity index (χ4v) is 2.51. The monoisotopic (exact) mass is 628 g/mol. The molecule has 4 atom stereocenters. The molecule has 0 radical (unpaired) electrons. The van der Waals surface area contributed by atoms with Gasteiger partial charge in [-0.25, -0.2) is 0 Å². The summed E-state index contributed by atoms with van der Waals surface area (Å²) < 4.78 is 0. The van der Waals surface area contributed by atoms with Gasteiger partial charge < -0.3 is 85.5 Å². The number of carboxylic acids is 4. The van der Waals surface area contributed by atoms with E-state index < -0.39 is 48.0 Å². The fourth-order valence-electron chi connectivity index (χ4n) is 2.51. The maximum atomic E-state index is 10.0. The molecule has 0 bridgehead atoms. The van der Waals surface area contributed by atoms with Crippen molar-refractivity contribution in [2.45, 2.75) is 101 Å². The Hall–Kier alpha value is -2.15. The molecule has 0 aliphatic carbocycles. The zero-order valence-electron chi connectivity index (χ0n) is 24.4. The molecule has 248 valence electrons. The van der Waals surface area contributed by atoms with E-state index in [0.29, 0.717) is 51.9 Å². The molecule has 0 spiro atoms. The van der Waals surface area contributed by atoms with Crippen LogP contribution in [0.2, 0.25) is 0 Å². The number of unbranched alkanes of at least 4 members (excludes halogenated alkanes) is 4. The summed E-state index contributed by atoms with van der Waals surface area (Å²) in [5.74, 6) is -4.73. The molecule has 0 saturated heterocycles. The first-order chi connectivity index (χ1) is 18.7. The quantitative estimate of drug-likeness (QED) is 0.0580. The van der Waals surface area contributed by atoms with Gasteiger partial charge in [-0.1, -0.05) is 25.7 Å². The minimum atomic E-state index is -1.18. The van der Waals surface area contributed by atoms with Crippen LogP contribution in [0.15, 0.2) is 0 Å². The maximum Gasteiger partial charge on any atom is 4.00 e. The molecule has 0 saturated carbocycles. The van der Waals surface area contributed by atoms with Crippen LogP contribution in [0.3, 0.4) is 0 Å². The van der Waals surface area contributed by atoms with Gasteiger partial charge in [0.25, 0.3) is 0 Å². The van der Waals surface area contributed by atoms with E-state index in [1.165, 1.54) is 0 Å². The zero-order valence-corrected chi connectivity index (χ0v) is 25.2. The van der Waals surface area contributed by atoms with Gasteiger partial charge in [-0.05, 0) is 77.5 Å². The number of carbonyl (C=O) groups is 4. The average molecular weight is 629 g/mol. The summed E-state index contributed by atoms with van der Waals surface area (Å²) in [5, 5.41) is 40.1. The van der Waals surface area contributed by atoms with Crippen LogP contribution < -0.4 is 66.3 Å². The molecule has 16 nitrogen and oxygen atoms in total. The number of carbonyl (C=O) groups excluding carboxylic acids is 4. The molecule has 42 heavy (non-hydrogen) atoms. The van der Waals surface area contributed by atoms with Gasteiger partial charge in [-0.3, -0.25) is 0 Å². The van der Waals surface area contributed by atoms with Gasteiger partial charge in [0.15, 0.2) is 0 Å². The van der Waals surface area contributed by atoms with E-state index in [1.807, 2.05) is 0 Å². The van der Waals surface area contributed by atoms with Crippen LogP contribution in [0.4, 0.5) is 0 Å². The first-order valence-corrected chi connectivity index (χ1v) is 13.4. The van der Waals surface area contributed by atoms with E-state index in [2.05, 4.69) is 0 Å². The Bertz CT molecular complexity index is 535. The summed E-state index contributed by atoms with van der Waals surface area (Å²) in [7, 11) is 0. The molecule has 0 aromatic carbocycles. The zero-order chi connectivity index (χ0) is 31.9. The van der Waals surface area contributed by atoms with Crippen molar-refractivity contribution in [1.82, 2.24) is 0 Å². The Morgan fingerprint density at radius 2 is 0.548 bits per heavy atom. The van der Waals surface area contributed by atoms with E-state index >= 15 is 0 Å². The summed E-state index contributed by atoms with van der Waals surface area (Å²) in [6.45, 7) is 2.33. The van der Waals surface area contributed by atoms with Gasteiger partial charge in [0, 0.05) is 24.2 Å². The minimum Gasteiger partial charge on any atom is -0.548 e. The Labute approximate surface area is 256 Å². The van der Waals surface area contributed by atoms with Crippen LogP contribution in [0.25, 0.3) is 0 Å². The molecule has 17 heteroatoms. The van der Waals surface area contributed by atoms with Crippen molar-refractivity contribution in [3.05, 3.63) is 7.43 Å². The van der Waals surface area contributed by atoms with E-state index in [1.54, 1.807) is 0 Å². The van der Waals surface area contributed by atoms with Gasteiger partial charge in [-0.2, -0.15) is 0 Å². The molecule has 0 unspecified atom stereocenters. The van der Waals surface area contributed by atoms with Crippen LogP contribution in [-0.2, 0) is 19.2 Å². The van der Waals surface area contributed by atoms with Crippen LogP contribution in [0, 0.1) is 7.43 Å². The van der Waals surface area contributed by atoms with Gasteiger partial charge in [0.2, 0.25) is 0 Å². The second-order valence-electron chi connectivity index (χ2n) is 8.84. The van der Waals surface area contributed by atoms with E-state index in [4.69, 9.17) is 45.9 Å². The Balaban J connectivity index is -0.000000101. The Morgan fingerprint density at radius 1 is 0.405 bits per heavy atom. The molecule has 0 aliphatic heterocycles. The summed E-state index contributed by atoms with van der Waals surface area (Å²) in [5.41, 5.74) is 41.4. The van der Waals surface area contributed by atoms with Gasteiger partial charge in [0.1, 0.15) is 0 Å². The third-order valence-electron chi connectivity index (χ3n) is 5.09. The smallest absolute Gasteiger partial charge is 0.548 e. The maximum absolute atomic E-state index is 10.0. The Kier molecular flexibility index (Phi) is 48.6. The molecule has 0 heterocycles. The second-order valence-corrected chi connectivity index (χ2v) is 8.84. The molecule has 0 rings (SSSR count). The minimum absolute atomic E-state index is 0. The predicted molar refractivity (Wildman–Crippen MR) is 154 cm³/mol. The summed E-state index contributed by atoms with van der Waals surface area (Å²) in [4.78, 5) is 40.1. The van der Waals surface area contributed by atoms with Crippen LogP contribution in [0.1, 0.15) is 77.0 Å². The molecule has 0 fully saturated rings. The summed E-state index contributed by atoms with van der Waals surface area (Å²) in [6.07, 6.45) is 8.14. The number of nitrogens with two attached hydrogens (primary N) is 8. The largest absolute Gasteiger partial charge is 4.00 e. The van der Waals surface area contributed by atoms with Gasteiger partial charge >= 0.3 is 7.43 Å². The average Bonchev–Trinajstić information content (AvgIpc) is 2.89. The fraction of sp³-hybridized carbons (Fsp3) is 0.800. The molecule has 0 aromatic rings. The van der Waals surface area contributed by atoms with Gasteiger partial charge in [0.05, 0.1) is 23.9 Å². The van der Waals surface area contributed by atoms with Crippen molar-refractivity contribution >= 4 is 36.3 Å². The van der Waals surface area contributed by atoms with E-state index in [9.17, 15) is 39.6 Å². The van der Waals surface area contributed by atoms with Crippen molar-refractivity contribution in [3.8, 4) is 0 Å². The number of halogens is 1. The number of carboxylic acid groups (broad SMARTS) is 4. The summed E-state index contributed by atoms with van der Waals surface area (Å²) >= 11 is 0. The topological polar surface area (TPSA) is 369 Å². The first kappa shape index (κ1) is 52.5. The molecule has 16 N–H and O–H groups in total. The number of hydrogen-bond donors (Lipinski definition) is 8. The molecule has 0 aliphatic rings. The number of hydrogen-bond acceptors (Lipinski definition) is 16. The van der Waals surface area contributed by atoms with Crippen LogP contribution >= 0.6 is 12.4 Å². The van der Waals surface area contributed by atoms with Crippen molar-refractivity contribution in [2.75, 3.05) is 26.2 Å².